The number of hydrogen-bond donors (Lipinski definition) is 1. The molecule has 0 saturated carbocycles. The van der Waals surface area contributed by atoms with Gasteiger partial charge in [-0.1, -0.05) is 0 Å². The minimum atomic E-state index is -3.78. The Kier molecular flexibility index (Phi) is 6.25. The maximum Gasteiger partial charge on any atom is 0.247 e. The molecule has 1 heterocycles. The van der Waals surface area contributed by atoms with Crippen molar-refractivity contribution in [2.24, 2.45) is 0 Å². The van der Waals surface area contributed by atoms with Crippen LogP contribution in [0.2, 0.25) is 0 Å². The number of nitrogens with one attached hydrogen (secondary N) is 1. The Morgan fingerprint density at radius 1 is 1.03 bits per heavy atom. The van der Waals surface area contributed by atoms with Gasteiger partial charge in [-0.2, -0.15) is 0 Å². The highest BCUT2D eigenvalue weighted by atomic mass is 32.2. The maximum atomic E-state index is 12.9. The van der Waals surface area contributed by atoms with Gasteiger partial charge in [0.1, 0.15) is 19.3 Å². The van der Waals surface area contributed by atoms with Gasteiger partial charge >= 0.3 is 0 Å². The van der Waals surface area contributed by atoms with Crippen molar-refractivity contribution in [1.82, 2.24) is 0 Å². The van der Waals surface area contributed by atoms with Crippen LogP contribution in [-0.4, -0.2) is 54.1 Å². The van der Waals surface area contributed by atoms with Crippen LogP contribution in [0.5, 0.6) is 23.0 Å². The predicted octanol–water partition coefficient (Wildman–Crippen LogP) is 2.27. The Morgan fingerprint density at radius 2 is 1.70 bits per heavy atom. The van der Waals surface area contributed by atoms with E-state index in [2.05, 4.69) is 5.32 Å². The average molecular weight is 436 g/mol. The molecule has 30 heavy (non-hydrogen) atoms. The summed E-state index contributed by atoms with van der Waals surface area (Å²) in [5.74, 6) is 1.40. The van der Waals surface area contributed by atoms with Crippen LogP contribution in [0.15, 0.2) is 36.4 Å². The molecule has 0 fully saturated rings. The molecule has 0 spiro atoms. The third-order valence-corrected chi connectivity index (χ3v) is 5.76. The van der Waals surface area contributed by atoms with Crippen molar-refractivity contribution in [3.05, 3.63) is 36.4 Å². The van der Waals surface area contributed by atoms with Crippen LogP contribution in [-0.2, 0) is 14.8 Å². The third-order valence-electron chi connectivity index (χ3n) is 4.52. The van der Waals surface area contributed by atoms with Crippen molar-refractivity contribution in [3.63, 3.8) is 0 Å². The number of fused-ring (bicyclic) bond motifs is 1. The van der Waals surface area contributed by atoms with Crippen molar-refractivity contribution in [2.75, 3.05) is 43.3 Å². The van der Waals surface area contributed by atoms with E-state index in [1.54, 1.807) is 30.3 Å². The number of rotatable bonds is 7. The number of hydrogen-bond acceptors (Lipinski definition) is 7. The second kappa shape index (κ2) is 8.70. The second-order valence-electron chi connectivity index (χ2n) is 6.62. The zero-order valence-corrected chi connectivity index (χ0v) is 18.0. The average Bonchev–Trinajstić information content (AvgIpc) is 2.72. The lowest BCUT2D eigenvalue weighted by atomic mass is 10.2. The number of methoxy groups -OCH3 is 2. The first-order valence-electron chi connectivity index (χ1n) is 9.16. The van der Waals surface area contributed by atoms with Gasteiger partial charge in [-0.05, 0) is 31.2 Å². The first-order valence-corrected chi connectivity index (χ1v) is 11.0. The van der Waals surface area contributed by atoms with E-state index >= 15 is 0 Å². The fourth-order valence-electron chi connectivity index (χ4n) is 3.14. The van der Waals surface area contributed by atoms with Crippen molar-refractivity contribution >= 4 is 27.3 Å². The number of anilines is 2. The van der Waals surface area contributed by atoms with E-state index in [-0.39, 0.29) is 5.69 Å². The summed E-state index contributed by atoms with van der Waals surface area (Å²) in [7, 11) is -0.852. The van der Waals surface area contributed by atoms with Gasteiger partial charge in [0, 0.05) is 17.8 Å². The van der Waals surface area contributed by atoms with Gasteiger partial charge in [0.05, 0.1) is 26.2 Å². The Labute approximate surface area is 175 Å². The standard InChI is InChI=1S/C20H24N2O7S/c1-13(20(23)21-14-5-7-17-19(11-14)29-10-9-28-17)22(30(4,24)25)15-6-8-16(26-2)18(12-15)27-3/h5-8,11-13H,9-10H2,1-4H3,(H,21,23). The molecule has 1 atom stereocenters. The molecule has 0 saturated heterocycles. The predicted molar refractivity (Wildman–Crippen MR) is 112 cm³/mol. The van der Waals surface area contributed by atoms with Gasteiger partial charge < -0.3 is 24.3 Å². The number of sulfonamides is 1. The Balaban J connectivity index is 1.87. The summed E-state index contributed by atoms with van der Waals surface area (Å²) in [4.78, 5) is 12.9. The monoisotopic (exact) mass is 436 g/mol. The van der Waals surface area contributed by atoms with Crippen LogP contribution in [0.1, 0.15) is 6.92 Å². The quantitative estimate of drug-likeness (QED) is 0.710. The van der Waals surface area contributed by atoms with Crippen molar-refractivity contribution in [3.8, 4) is 23.0 Å². The van der Waals surface area contributed by atoms with Gasteiger partial charge in [-0.25, -0.2) is 8.42 Å². The van der Waals surface area contributed by atoms with Gasteiger partial charge in [0.2, 0.25) is 15.9 Å². The lowest BCUT2D eigenvalue weighted by Gasteiger charge is -2.29. The highest BCUT2D eigenvalue weighted by Gasteiger charge is 2.30. The van der Waals surface area contributed by atoms with Crippen LogP contribution in [0.4, 0.5) is 11.4 Å². The molecular weight excluding hydrogens is 412 g/mol. The van der Waals surface area contributed by atoms with E-state index < -0.39 is 22.0 Å². The summed E-state index contributed by atoms with van der Waals surface area (Å²) in [5, 5.41) is 2.73. The SMILES string of the molecule is COc1ccc(N(C(C)C(=O)Nc2ccc3c(c2)OCCO3)S(C)(=O)=O)cc1OC. The van der Waals surface area contributed by atoms with E-state index in [1.165, 1.54) is 27.2 Å². The van der Waals surface area contributed by atoms with Crippen LogP contribution >= 0.6 is 0 Å². The van der Waals surface area contributed by atoms with Gasteiger partial charge in [0.15, 0.2) is 23.0 Å². The second-order valence-corrected chi connectivity index (χ2v) is 8.48. The first-order chi connectivity index (χ1) is 14.2. The maximum absolute atomic E-state index is 12.9. The van der Waals surface area contributed by atoms with Crippen LogP contribution in [0, 0.1) is 0 Å². The summed E-state index contributed by atoms with van der Waals surface area (Å²) in [6, 6.07) is 8.60. The summed E-state index contributed by atoms with van der Waals surface area (Å²) in [6.07, 6.45) is 1.04. The molecule has 1 N–H and O–H groups in total. The molecule has 1 amide bonds. The molecule has 0 radical (unpaired) electrons. The molecule has 0 aromatic heterocycles. The molecule has 3 rings (SSSR count). The minimum Gasteiger partial charge on any atom is -0.493 e. The molecule has 1 aliphatic rings. The number of benzene rings is 2. The molecular formula is C20H24N2O7S. The summed E-state index contributed by atoms with van der Waals surface area (Å²) >= 11 is 0. The molecule has 10 heteroatoms. The molecule has 2 aromatic rings. The normalized spacial score (nSPS) is 13.9. The van der Waals surface area contributed by atoms with E-state index in [9.17, 15) is 13.2 Å². The number of carbonyl (C=O) groups is 1. The zero-order valence-electron chi connectivity index (χ0n) is 17.2. The largest absolute Gasteiger partial charge is 0.493 e. The van der Waals surface area contributed by atoms with E-state index in [4.69, 9.17) is 18.9 Å². The Morgan fingerprint density at radius 3 is 2.33 bits per heavy atom. The molecule has 1 aliphatic heterocycles. The van der Waals surface area contributed by atoms with Crippen molar-refractivity contribution in [1.29, 1.82) is 0 Å². The molecule has 2 aromatic carbocycles. The van der Waals surface area contributed by atoms with Gasteiger partial charge in [-0.3, -0.25) is 9.10 Å². The number of ether oxygens (including phenoxy) is 4. The molecule has 9 nitrogen and oxygen atoms in total. The smallest absolute Gasteiger partial charge is 0.247 e. The first kappa shape index (κ1) is 21.6. The van der Waals surface area contributed by atoms with Gasteiger partial charge in [-0.15, -0.1) is 0 Å². The Hall–Kier alpha value is -3.14. The highest BCUT2D eigenvalue weighted by Crippen LogP contribution is 2.34. The highest BCUT2D eigenvalue weighted by molar-refractivity contribution is 7.92. The van der Waals surface area contributed by atoms with Gasteiger partial charge in [0.25, 0.3) is 0 Å². The number of amides is 1. The Bertz CT molecular complexity index is 1040. The number of carbonyl (C=O) groups excluding carboxylic acids is 1. The number of nitrogens with zero attached hydrogens (tertiary/aromatic N) is 1. The fraction of sp³-hybridized carbons (Fsp3) is 0.350. The van der Waals surface area contributed by atoms with Crippen LogP contribution in [0.3, 0.4) is 0 Å². The summed E-state index contributed by atoms with van der Waals surface area (Å²) in [6.45, 7) is 2.39. The van der Waals surface area contributed by atoms with E-state index in [0.29, 0.717) is 41.9 Å². The van der Waals surface area contributed by atoms with E-state index in [0.717, 1.165) is 10.6 Å². The zero-order chi connectivity index (χ0) is 21.9. The lowest BCUT2D eigenvalue weighted by Crippen LogP contribution is -2.45. The molecule has 1 unspecified atom stereocenters. The minimum absolute atomic E-state index is 0.278. The molecule has 0 bridgehead atoms. The van der Waals surface area contributed by atoms with E-state index in [1.807, 2.05) is 0 Å². The van der Waals surface area contributed by atoms with Crippen LogP contribution in [0.25, 0.3) is 0 Å². The van der Waals surface area contributed by atoms with Crippen molar-refractivity contribution < 1.29 is 32.2 Å². The van der Waals surface area contributed by atoms with Crippen molar-refractivity contribution in [2.45, 2.75) is 13.0 Å². The summed E-state index contributed by atoms with van der Waals surface area (Å²) < 4.78 is 47.5. The topological polar surface area (TPSA) is 103 Å². The fourth-order valence-corrected chi connectivity index (χ4v) is 4.31. The summed E-state index contributed by atoms with van der Waals surface area (Å²) in [5.41, 5.74) is 0.747. The third kappa shape index (κ3) is 4.54. The lowest BCUT2D eigenvalue weighted by molar-refractivity contribution is -0.116. The molecule has 162 valence electrons. The molecule has 0 aliphatic carbocycles. The van der Waals surface area contributed by atoms with Crippen LogP contribution < -0.4 is 28.6 Å².